The molecule has 0 N–H and O–H groups in total. The van der Waals surface area contributed by atoms with Crippen molar-refractivity contribution in [2.24, 2.45) is 0 Å². The fourth-order valence-corrected chi connectivity index (χ4v) is 1.85. The van der Waals surface area contributed by atoms with Gasteiger partial charge in [0, 0.05) is 6.20 Å². The lowest BCUT2D eigenvalue weighted by molar-refractivity contribution is 0.299. The molecule has 0 aliphatic rings. The SMILES string of the molecule is Cc1nc2ccccc2nc1COc1cccnc1. The third kappa shape index (κ3) is 2.52. The van der Waals surface area contributed by atoms with Crippen LogP contribution >= 0.6 is 0 Å². The summed E-state index contributed by atoms with van der Waals surface area (Å²) in [5.41, 5.74) is 3.54. The zero-order valence-electron chi connectivity index (χ0n) is 10.6. The minimum Gasteiger partial charge on any atom is -0.486 e. The number of aryl methyl sites for hydroxylation is 1. The van der Waals surface area contributed by atoms with Crippen LogP contribution in [0.2, 0.25) is 0 Å². The maximum absolute atomic E-state index is 5.66. The number of pyridine rings is 1. The molecule has 94 valence electrons. The molecule has 0 radical (unpaired) electrons. The third-order valence-corrected chi connectivity index (χ3v) is 2.85. The van der Waals surface area contributed by atoms with E-state index in [1.807, 2.05) is 43.3 Å². The molecule has 1 aromatic carbocycles. The standard InChI is InChI=1S/C15H13N3O/c1-11-15(10-19-12-5-4-8-16-9-12)18-14-7-3-2-6-13(14)17-11/h2-9H,10H2,1H3. The summed E-state index contributed by atoms with van der Waals surface area (Å²) in [7, 11) is 0. The number of fused-ring (bicyclic) bond motifs is 1. The van der Waals surface area contributed by atoms with E-state index < -0.39 is 0 Å². The van der Waals surface area contributed by atoms with Gasteiger partial charge in [0.05, 0.1) is 28.6 Å². The Morgan fingerprint density at radius 1 is 1.00 bits per heavy atom. The molecule has 3 aromatic rings. The number of nitrogens with zero attached hydrogens (tertiary/aromatic N) is 3. The van der Waals surface area contributed by atoms with Gasteiger partial charge >= 0.3 is 0 Å². The molecule has 0 unspecified atom stereocenters. The quantitative estimate of drug-likeness (QED) is 0.718. The first-order valence-corrected chi connectivity index (χ1v) is 6.08. The van der Waals surface area contributed by atoms with Crippen molar-refractivity contribution in [3.63, 3.8) is 0 Å². The van der Waals surface area contributed by atoms with Crippen LogP contribution in [0, 0.1) is 6.92 Å². The maximum Gasteiger partial charge on any atom is 0.138 e. The molecule has 0 aliphatic heterocycles. The molecule has 0 amide bonds. The van der Waals surface area contributed by atoms with Gasteiger partial charge in [-0.2, -0.15) is 0 Å². The molecule has 4 heteroatoms. The fourth-order valence-electron chi connectivity index (χ4n) is 1.85. The van der Waals surface area contributed by atoms with Crippen molar-refractivity contribution in [1.82, 2.24) is 15.0 Å². The second kappa shape index (κ2) is 5.02. The Morgan fingerprint density at radius 3 is 2.53 bits per heavy atom. The van der Waals surface area contributed by atoms with Crippen molar-refractivity contribution in [2.75, 3.05) is 0 Å². The zero-order chi connectivity index (χ0) is 13.1. The summed E-state index contributed by atoms with van der Waals surface area (Å²) in [5, 5.41) is 0. The van der Waals surface area contributed by atoms with Crippen LogP contribution in [0.3, 0.4) is 0 Å². The molecular weight excluding hydrogens is 238 g/mol. The van der Waals surface area contributed by atoms with Crippen molar-refractivity contribution in [3.8, 4) is 5.75 Å². The van der Waals surface area contributed by atoms with E-state index in [1.54, 1.807) is 12.4 Å². The molecule has 0 bridgehead atoms. The summed E-state index contributed by atoms with van der Waals surface area (Å²) in [4.78, 5) is 13.1. The summed E-state index contributed by atoms with van der Waals surface area (Å²) in [6, 6.07) is 11.5. The van der Waals surface area contributed by atoms with Crippen LogP contribution in [0.4, 0.5) is 0 Å². The zero-order valence-corrected chi connectivity index (χ0v) is 10.6. The summed E-state index contributed by atoms with van der Waals surface area (Å²) >= 11 is 0. The Balaban J connectivity index is 1.86. The Bertz CT molecular complexity index is 698. The number of aromatic nitrogens is 3. The number of hydrogen-bond donors (Lipinski definition) is 0. The van der Waals surface area contributed by atoms with Gasteiger partial charge in [-0.05, 0) is 31.2 Å². The second-order valence-electron chi connectivity index (χ2n) is 4.22. The Labute approximate surface area is 111 Å². The van der Waals surface area contributed by atoms with Gasteiger partial charge in [-0.3, -0.25) is 4.98 Å². The van der Waals surface area contributed by atoms with Crippen LogP contribution in [0.1, 0.15) is 11.4 Å². The average molecular weight is 251 g/mol. The Hall–Kier alpha value is -2.49. The minimum atomic E-state index is 0.398. The number of para-hydroxylation sites is 2. The fraction of sp³-hybridized carbons (Fsp3) is 0.133. The van der Waals surface area contributed by atoms with Gasteiger partial charge in [-0.15, -0.1) is 0 Å². The van der Waals surface area contributed by atoms with Crippen LogP contribution in [0.15, 0.2) is 48.8 Å². The van der Waals surface area contributed by atoms with Crippen molar-refractivity contribution < 1.29 is 4.74 Å². The van der Waals surface area contributed by atoms with Gasteiger partial charge in [-0.1, -0.05) is 12.1 Å². The van der Waals surface area contributed by atoms with Crippen LogP contribution in [0.25, 0.3) is 11.0 Å². The van der Waals surface area contributed by atoms with Crippen molar-refractivity contribution in [1.29, 1.82) is 0 Å². The number of benzene rings is 1. The van der Waals surface area contributed by atoms with Gasteiger partial charge < -0.3 is 4.74 Å². The molecule has 0 saturated heterocycles. The van der Waals surface area contributed by atoms with Gasteiger partial charge in [0.25, 0.3) is 0 Å². The lowest BCUT2D eigenvalue weighted by Gasteiger charge is -2.08. The Morgan fingerprint density at radius 2 is 1.79 bits per heavy atom. The summed E-state index contributed by atoms with van der Waals surface area (Å²) in [6.45, 7) is 2.34. The molecule has 4 nitrogen and oxygen atoms in total. The molecule has 2 aromatic heterocycles. The first kappa shape index (κ1) is 11.6. The summed E-state index contributed by atoms with van der Waals surface area (Å²) < 4.78 is 5.66. The van der Waals surface area contributed by atoms with Gasteiger partial charge in [-0.25, -0.2) is 9.97 Å². The van der Waals surface area contributed by atoms with Crippen LogP contribution in [0.5, 0.6) is 5.75 Å². The summed E-state index contributed by atoms with van der Waals surface area (Å²) in [5.74, 6) is 0.733. The number of ether oxygens (including phenoxy) is 1. The number of rotatable bonds is 3. The highest BCUT2D eigenvalue weighted by Crippen LogP contribution is 2.14. The first-order chi connectivity index (χ1) is 9.33. The molecular formula is C15H13N3O. The van der Waals surface area contributed by atoms with Crippen LogP contribution in [-0.4, -0.2) is 15.0 Å². The van der Waals surface area contributed by atoms with E-state index in [1.165, 1.54) is 0 Å². The first-order valence-electron chi connectivity index (χ1n) is 6.08. The second-order valence-corrected chi connectivity index (χ2v) is 4.22. The van der Waals surface area contributed by atoms with Gasteiger partial charge in [0.2, 0.25) is 0 Å². The molecule has 0 fully saturated rings. The van der Waals surface area contributed by atoms with Crippen molar-refractivity contribution in [2.45, 2.75) is 13.5 Å². The summed E-state index contributed by atoms with van der Waals surface area (Å²) in [6.07, 6.45) is 3.40. The highest BCUT2D eigenvalue weighted by molar-refractivity contribution is 5.74. The van der Waals surface area contributed by atoms with Crippen LogP contribution in [-0.2, 0) is 6.61 Å². The lowest BCUT2D eigenvalue weighted by Crippen LogP contribution is -2.03. The molecule has 0 saturated carbocycles. The highest BCUT2D eigenvalue weighted by atomic mass is 16.5. The Kier molecular flexibility index (Phi) is 3.06. The van der Waals surface area contributed by atoms with Gasteiger partial charge in [0.15, 0.2) is 0 Å². The maximum atomic E-state index is 5.66. The van der Waals surface area contributed by atoms with E-state index in [-0.39, 0.29) is 0 Å². The highest BCUT2D eigenvalue weighted by Gasteiger charge is 2.05. The normalized spacial score (nSPS) is 10.6. The average Bonchev–Trinajstić information content (AvgIpc) is 2.46. The van der Waals surface area contributed by atoms with E-state index in [4.69, 9.17) is 4.74 Å². The topological polar surface area (TPSA) is 47.9 Å². The van der Waals surface area contributed by atoms with Crippen molar-refractivity contribution >= 4 is 11.0 Å². The molecule has 2 heterocycles. The molecule has 19 heavy (non-hydrogen) atoms. The molecule has 0 atom stereocenters. The predicted molar refractivity (Wildman–Crippen MR) is 72.8 cm³/mol. The van der Waals surface area contributed by atoms with Crippen LogP contribution < -0.4 is 4.74 Å². The van der Waals surface area contributed by atoms with Crippen molar-refractivity contribution in [3.05, 3.63) is 60.2 Å². The van der Waals surface area contributed by atoms with E-state index in [9.17, 15) is 0 Å². The van der Waals surface area contributed by atoms with E-state index >= 15 is 0 Å². The molecule has 0 spiro atoms. The van der Waals surface area contributed by atoms with E-state index in [2.05, 4.69) is 15.0 Å². The third-order valence-electron chi connectivity index (χ3n) is 2.85. The smallest absolute Gasteiger partial charge is 0.138 e. The number of hydrogen-bond acceptors (Lipinski definition) is 4. The predicted octanol–water partition coefficient (Wildman–Crippen LogP) is 2.91. The molecule has 0 aliphatic carbocycles. The monoisotopic (exact) mass is 251 g/mol. The molecule has 3 rings (SSSR count). The van der Waals surface area contributed by atoms with Gasteiger partial charge in [0.1, 0.15) is 12.4 Å². The van der Waals surface area contributed by atoms with E-state index in [0.29, 0.717) is 6.61 Å². The minimum absolute atomic E-state index is 0.398. The lowest BCUT2D eigenvalue weighted by atomic mass is 10.2. The van der Waals surface area contributed by atoms with E-state index in [0.717, 1.165) is 28.2 Å². The largest absolute Gasteiger partial charge is 0.486 e.